The minimum absolute atomic E-state index is 0.0213. The van der Waals surface area contributed by atoms with E-state index in [-0.39, 0.29) is 17.1 Å². The lowest BCUT2D eigenvalue weighted by Crippen LogP contribution is -2.11. The monoisotopic (exact) mass is 252 g/mol. The molecular weight excluding hydrogens is 244 g/mol. The van der Waals surface area contributed by atoms with Crippen molar-refractivity contribution < 1.29 is 14.6 Å². The summed E-state index contributed by atoms with van der Waals surface area (Å²) in [4.78, 5) is 11.5. The molecule has 0 radical (unpaired) electrons. The molecular formula is C11H8O3S2. The number of carbonyl (C=O) groups is 1. The van der Waals surface area contributed by atoms with E-state index in [1.807, 2.05) is 0 Å². The van der Waals surface area contributed by atoms with Crippen molar-refractivity contribution in [2.75, 3.05) is 0 Å². The summed E-state index contributed by atoms with van der Waals surface area (Å²) in [5.74, 6) is -0.341. The molecule has 16 heavy (non-hydrogen) atoms. The fraction of sp³-hybridized carbons (Fsp3) is 0. The van der Waals surface area contributed by atoms with Crippen molar-refractivity contribution in [3.63, 3.8) is 0 Å². The van der Waals surface area contributed by atoms with Crippen LogP contribution in [-0.2, 0) is 4.79 Å². The van der Waals surface area contributed by atoms with Gasteiger partial charge >= 0.3 is 5.97 Å². The van der Waals surface area contributed by atoms with E-state index in [4.69, 9.17) is 9.84 Å². The first-order chi connectivity index (χ1) is 7.67. The van der Waals surface area contributed by atoms with Gasteiger partial charge in [0.2, 0.25) is 0 Å². The fourth-order valence-electron chi connectivity index (χ4n) is 0.942. The summed E-state index contributed by atoms with van der Waals surface area (Å²) in [7, 11) is 0. The van der Waals surface area contributed by atoms with Crippen molar-refractivity contribution in [1.82, 2.24) is 0 Å². The van der Waals surface area contributed by atoms with Gasteiger partial charge in [0.15, 0.2) is 0 Å². The summed E-state index contributed by atoms with van der Waals surface area (Å²) in [5, 5.41) is 11.6. The number of esters is 1. The molecule has 0 aromatic heterocycles. The number of carbonyl (C=O) groups excluding carboxylic acids is 1. The largest absolute Gasteiger partial charge is 0.508 e. The highest BCUT2D eigenvalue weighted by Gasteiger charge is 2.09. The van der Waals surface area contributed by atoms with Crippen LogP contribution >= 0.6 is 24.4 Å². The molecule has 1 N–H and O–H groups in total. The molecule has 0 fully saturated rings. The number of hydrogen-bond donors (Lipinski definition) is 1. The summed E-state index contributed by atoms with van der Waals surface area (Å²) >= 11 is 9.23. The summed E-state index contributed by atoms with van der Waals surface area (Å²) in [6.07, 6.45) is 1.38. The number of allylic oxidation sites excluding steroid dienone is 1. The second-order valence-electron chi connectivity index (χ2n) is 2.76. The predicted molar refractivity (Wildman–Crippen MR) is 69.1 cm³/mol. The number of rotatable bonds is 4. The second-order valence-corrected chi connectivity index (χ2v) is 3.27. The number of ether oxygens (including phenoxy) is 1. The first kappa shape index (κ1) is 12.5. The molecule has 0 aliphatic rings. The molecule has 0 saturated heterocycles. The van der Waals surface area contributed by atoms with Crippen LogP contribution in [0.15, 0.2) is 35.9 Å². The van der Waals surface area contributed by atoms with Crippen LogP contribution in [-0.4, -0.2) is 21.8 Å². The van der Waals surface area contributed by atoms with Crippen LogP contribution < -0.4 is 4.74 Å². The maximum absolute atomic E-state index is 11.5. The first-order valence-corrected chi connectivity index (χ1v) is 5.23. The third-order valence-corrected chi connectivity index (χ3v) is 2.03. The Labute approximate surface area is 103 Å². The molecule has 1 aromatic carbocycles. The van der Waals surface area contributed by atoms with Crippen molar-refractivity contribution in [1.29, 1.82) is 0 Å². The minimum Gasteiger partial charge on any atom is -0.508 e. The van der Waals surface area contributed by atoms with Crippen LogP contribution in [0, 0.1) is 0 Å². The molecule has 0 bridgehead atoms. The van der Waals surface area contributed by atoms with Gasteiger partial charge < -0.3 is 9.84 Å². The number of benzene rings is 1. The molecule has 0 unspecified atom stereocenters. The topological polar surface area (TPSA) is 46.5 Å². The maximum atomic E-state index is 11.5. The summed E-state index contributed by atoms with van der Waals surface area (Å²) < 4.78 is 4.97. The van der Waals surface area contributed by atoms with Crippen molar-refractivity contribution in [2.24, 2.45) is 0 Å². The lowest BCUT2D eigenvalue weighted by Gasteiger charge is -2.03. The Balaban J connectivity index is 2.82. The molecule has 0 spiro atoms. The van der Waals surface area contributed by atoms with E-state index in [0.29, 0.717) is 0 Å². The van der Waals surface area contributed by atoms with Crippen LogP contribution in [0.25, 0.3) is 0 Å². The number of hydrogen-bond acceptors (Lipinski definition) is 5. The van der Waals surface area contributed by atoms with Crippen molar-refractivity contribution >= 4 is 41.1 Å². The van der Waals surface area contributed by atoms with Gasteiger partial charge in [-0.05, 0) is 18.2 Å². The maximum Gasteiger partial charge on any atom is 0.344 e. The van der Waals surface area contributed by atoms with E-state index in [2.05, 4.69) is 24.4 Å². The number of aromatic hydroxyl groups is 1. The Morgan fingerprint density at radius 2 is 2.12 bits per heavy atom. The molecule has 5 heteroatoms. The molecule has 0 aliphatic carbocycles. The summed E-state index contributed by atoms with van der Waals surface area (Å²) in [6, 6.07) is 5.93. The molecule has 0 aliphatic heterocycles. The summed E-state index contributed by atoms with van der Waals surface area (Å²) in [6.45, 7) is 0. The van der Waals surface area contributed by atoms with E-state index in [1.165, 1.54) is 28.9 Å². The fourth-order valence-corrected chi connectivity index (χ4v) is 1.26. The molecule has 0 atom stereocenters. The highest BCUT2D eigenvalue weighted by Crippen LogP contribution is 2.18. The average molecular weight is 252 g/mol. The molecule has 3 nitrogen and oxygen atoms in total. The standard InChI is InChI=1S/C11H8O3S2/c12-9-2-1-3-10(6-9)14-11(13)8(7-16)4-5-15/h1-7,12H/b8-4+. The van der Waals surface area contributed by atoms with Gasteiger partial charge in [-0.25, -0.2) is 4.79 Å². The molecule has 0 amide bonds. The van der Waals surface area contributed by atoms with E-state index < -0.39 is 5.97 Å². The van der Waals surface area contributed by atoms with Crippen molar-refractivity contribution in [3.05, 3.63) is 35.9 Å². The number of phenols is 1. The van der Waals surface area contributed by atoms with Gasteiger partial charge in [0.05, 0.1) is 5.57 Å². The lowest BCUT2D eigenvalue weighted by atomic mass is 10.3. The predicted octanol–water partition coefficient (Wildman–Crippen LogP) is 2.22. The third-order valence-electron chi connectivity index (χ3n) is 1.64. The Morgan fingerprint density at radius 3 is 2.69 bits per heavy atom. The van der Waals surface area contributed by atoms with E-state index >= 15 is 0 Å². The third kappa shape index (κ3) is 3.52. The second kappa shape index (κ2) is 6.09. The highest BCUT2D eigenvalue weighted by atomic mass is 32.1. The Kier molecular flexibility index (Phi) is 4.75. The van der Waals surface area contributed by atoms with E-state index in [9.17, 15) is 4.79 Å². The average Bonchev–Trinajstić information content (AvgIpc) is 2.25. The SMILES string of the molecule is O=C(Oc1cccc(O)c1)/C(C=S)=C/C=S. The van der Waals surface area contributed by atoms with Gasteiger partial charge in [-0.2, -0.15) is 0 Å². The first-order valence-electron chi connectivity index (χ1n) is 4.29. The van der Waals surface area contributed by atoms with Gasteiger partial charge in [-0.3, -0.25) is 0 Å². The lowest BCUT2D eigenvalue weighted by molar-refractivity contribution is -0.129. The van der Waals surface area contributed by atoms with Crippen LogP contribution in [0.3, 0.4) is 0 Å². The van der Waals surface area contributed by atoms with Crippen molar-refractivity contribution in [3.8, 4) is 11.5 Å². The molecule has 1 rings (SSSR count). The zero-order chi connectivity index (χ0) is 12.0. The number of thiocarbonyl (C=S) groups is 2. The van der Waals surface area contributed by atoms with Crippen LogP contribution in [0.5, 0.6) is 11.5 Å². The molecule has 1 aromatic rings. The van der Waals surface area contributed by atoms with Crippen molar-refractivity contribution in [2.45, 2.75) is 0 Å². The highest BCUT2D eigenvalue weighted by molar-refractivity contribution is 7.79. The van der Waals surface area contributed by atoms with Gasteiger partial charge in [0, 0.05) is 16.8 Å². The smallest absolute Gasteiger partial charge is 0.344 e. The molecule has 82 valence electrons. The van der Waals surface area contributed by atoms with Crippen LogP contribution in [0.1, 0.15) is 0 Å². The minimum atomic E-state index is -0.610. The number of phenolic OH excluding ortho intramolecular Hbond substituents is 1. The van der Waals surface area contributed by atoms with Gasteiger partial charge in [0.25, 0.3) is 0 Å². The Hall–Kier alpha value is -1.59. The Morgan fingerprint density at radius 1 is 1.38 bits per heavy atom. The van der Waals surface area contributed by atoms with Gasteiger partial charge in [-0.1, -0.05) is 30.5 Å². The van der Waals surface area contributed by atoms with Crippen LogP contribution in [0.2, 0.25) is 0 Å². The van der Waals surface area contributed by atoms with Gasteiger partial charge in [-0.15, -0.1) is 0 Å². The normalized spacial score (nSPS) is 10.6. The molecule has 0 saturated carbocycles. The zero-order valence-electron chi connectivity index (χ0n) is 8.12. The summed E-state index contributed by atoms with van der Waals surface area (Å²) in [5.41, 5.74) is 0.188. The Bertz CT molecular complexity index is 452. The van der Waals surface area contributed by atoms with E-state index in [0.717, 1.165) is 0 Å². The molecule has 0 heterocycles. The van der Waals surface area contributed by atoms with Gasteiger partial charge in [0.1, 0.15) is 11.5 Å². The van der Waals surface area contributed by atoms with E-state index in [1.54, 1.807) is 12.1 Å². The van der Waals surface area contributed by atoms with Crippen LogP contribution in [0.4, 0.5) is 0 Å². The zero-order valence-corrected chi connectivity index (χ0v) is 9.75. The quantitative estimate of drug-likeness (QED) is 0.385.